The fraction of sp³-hybridized carbons (Fsp3) is 0.452. The van der Waals surface area contributed by atoms with E-state index in [4.69, 9.17) is 46.9 Å². The summed E-state index contributed by atoms with van der Waals surface area (Å²) in [5.41, 5.74) is 1.96. The number of hydrogen-bond donors (Lipinski definition) is 0. The van der Waals surface area contributed by atoms with Gasteiger partial charge < -0.3 is 23.6 Å². The van der Waals surface area contributed by atoms with Gasteiger partial charge in [-0.15, -0.1) is 0 Å². The maximum atomic E-state index is 15.0. The van der Waals surface area contributed by atoms with Crippen LogP contribution in [0.25, 0.3) is 21.5 Å². The molecule has 0 N–H and O–H groups in total. The highest BCUT2D eigenvalue weighted by molar-refractivity contribution is 7.22. The topological polar surface area (TPSA) is 86.9 Å². The predicted octanol–water partition coefficient (Wildman–Crippen LogP) is 8.07. The fourth-order valence-corrected chi connectivity index (χ4v) is 8.74. The molecule has 8 rings (SSSR count). The van der Waals surface area contributed by atoms with E-state index in [-0.39, 0.29) is 35.7 Å². The molecule has 43 heavy (non-hydrogen) atoms. The molecule has 224 valence electrons. The molecule has 4 aliphatic rings. The average molecular weight is 645 g/mol. The van der Waals surface area contributed by atoms with Gasteiger partial charge >= 0.3 is 5.97 Å². The molecule has 4 aromatic rings. The number of rotatable bonds is 6. The van der Waals surface area contributed by atoms with Crippen molar-refractivity contribution in [3.05, 3.63) is 63.1 Å². The molecule has 5 heterocycles. The molecule has 2 aromatic heterocycles. The summed E-state index contributed by atoms with van der Waals surface area (Å²) >= 11 is 14.6. The second-order valence-corrected chi connectivity index (χ2v) is 13.7. The molecule has 1 saturated carbocycles. The number of ether oxygens (including phenoxy) is 3. The third-order valence-electron chi connectivity index (χ3n) is 9.00. The number of fused-ring (bicyclic) bond motifs is 3. The van der Waals surface area contributed by atoms with E-state index in [1.54, 1.807) is 31.2 Å². The van der Waals surface area contributed by atoms with Crippen LogP contribution in [0, 0.1) is 5.82 Å². The number of piperidine rings is 1. The molecule has 2 bridgehead atoms. The molecular formula is C31H28Cl2FN3O5S. The smallest absolute Gasteiger partial charge is 0.338 e. The zero-order valence-electron chi connectivity index (χ0n) is 23.3. The van der Waals surface area contributed by atoms with Gasteiger partial charge in [-0.05, 0) is 69.7 Å². The van der Waals surface area contributed by atoms with E-state index >= 15 is 4.39 Å². The van der Waals surface area contributed by atoms with E-state index < -0.39 is 23.7 Å². The summed E-state index contributed by atoms with van der Waals surface area (Å²) in [7, 11) is 0. The molecule has 12 heteroatoms. The van der Waals surface area contributed by atoms with Gasteiger partial charge in [0.2, 0.25) is 0 Å². The van der Waals surface area contributed by atoms with Crippen molar-refractivity contribution in [2.24, 2.45) is 0 Å². The van der Waals surface area contributed by atoms with Crippen LogP contribution in [0.2, 0.25) is 10.0 Å². The zero-order valence-corrected chi connectivity index (χ0v) is 25.6. The Balaban J connectivity index is 1.07. The zero-order chi connectivity index (χ0) is 29.5. The summed E-state index contributed by atoms with van der Waals surface area (Å²) in [6, 6.07) is 8.58. The van der Waals surface area contributed by atoms with Crippen LogP contribution in [0.1, 0.15) is 79.3 Å². The van der Waals surface area contributed by atoms with E-state index in [2.05, 4.69) is 10.1 Å². The van der Waals surface area contributed by atoms with Gasteiger partial charge in [-0.1, -0.05) is 45.8 Å². The lowest BCUT2D eigenvalue weighted by Gasteiger charge is -2.43. The minimum atomic E-state index is -0.645. The van der Waals surface area contributed by atoms with Crippen LogP contribution in [0.3, 0.4) is 0 Å². The van der Waals surface area contributed by atoms with Gasteiger partial charge in [0.25, 0.3) is 0 Å². The van der Waals surface area contributed by atoms with Crippen molar-refractivity contribution in [3.63, 3.8) is 0 Å². The number of nitrogens with zero attached hydrogens (tertiary/aromatic N) is 3. The van der Waals surface area contributed by atoms with Gasteiger partial charge in [0.1, 0.15) is 17.0 Å². The molecule has 1 unspecified atom stereocenters. The maximum Gasteiger partial charge on any atom is 0.338 e. The highest BCUT2D eigenvalue weighted by atomic mass is 35.5. The molecule has 3 aliphatic heterocycles. The molecule has 4 atom stereocenters. The van der Waals surface area contributed by atoms with E-state index in [1.165, 1.54) is 17.4 Å². The maximum absolute atomic E-state index is 15.0. The first kappa shape index (κ1) is 27.8. The molecule has 0 amide bonds. The Kier molecular flexibility index (Phi) is 6.72. The molecule has 1 aliphatic carbocycles. The van der Waals surface area contributed by atoms with Crippen LogP contribution in [-0.4, -0.2) is 47.0 Å². The van der Waals surface area contributed by atoms with Crippen LogP contribution >= 0.6 is 34.5 Å². The molecule has 4 fully saturated rings. The second-order valence-electron chi connectivity index (χ2n) is 11.8. The summed E-state index contributed by atoms with van der Waals surface area (Å²) in [5, 5.41) is 6.16. The number of carbonyl (C=O) groups excluding carboxylic acids is 1. The normalized spacial score (nSPS) is 26.6. The number of halogens is 3. The molecule has 2 aromatic carbocycles. The van der Waals surface area contributed by atoms with Crippen molar-refractivity contribution in [2.75, 3.05) is 18.1 Å². The minimum absolute atomic E-state index is 0.164. The summed E-state index contributed by atoms with van der Waals surface area (Å²) in [6.07, 6.45) is 4.87. The third-order valence-corrected chi connectivity index (χ3v) is 10.6. The summed E-state index contributed by atoms with van der Waals surface area (Å²) in [5.74, 6) is 0.00728. The number of thiazole rings is 1. The lowest BCUT2D eigenvalue weighted by Crippen LogP contribution is -2.52. The van der Waals surface area contributed by atoms with E-state index in [1.807, 2.05) is 0 Å². The summed E-state index contributed by atoms with van der Waals surface area (Å²) in [6.45, 7) is 2.40. The first-order valence-electron chi connectivity index (χ1n) is 14.6. The van der Waals surface area contributed by atoms with Gasteiger partial charge in [0.15, 0.2) is 17.2 Å². The van der Waals surface area contributed by atoms with Crippen molar-refractivity contribution in [1.82, 2.24) is 10.1 Å². The summed E-state index contributed by atoms with van der Waals surface area (Å²) in [4.78, 5) is 19.3. The number of carbonyl (C=O) groups is 1. The van der Waals surface area contributed by atoms with E-state index in [0.29, 0.717) is 32.6 Å². The monoisotopic (exact) mass is 643 g/mol. The molecule has 0 radical (unpaired) electrons. The van der Waals surface area contributed by atoms with Crippen LogP contribution in [0.15, 0.2) is 34.9 Å². The Hall–Kier alpha value is -2.76. The van der Waals surface area contributed by atoms with Crippen LogP contribution in [0.5, 0.6) is 0 Å². The Morgan fingerprint density at radius 2 is 1.91 bits per heavy atom. The van der Waals surface area contributed by atoms with Crippen LogP contribution < -0.4 is 4.90 Å². The van der Waals surface area contributed by atoms with Gasteiger partial charge in [0, 0.05) is 23.6 Å². The SMILES string of the molecule is CCOC(=O)c1cc(F)c2nc(N3[C@@H]4CC[C@H]3C[C@]3(COC(c5c(-c6c(Cl)cccc6Cl)noc5C5CC5)O3)C4)sc2c1. The highest BCUT2D eigenvalue weighted by Gasteiger charge is 2.55. The molecular weight excluding hydrogens is 616 g/mol. The van der Waals surface area contributed by atoms with Gasteiger partial charge in [-0.25, -0.2) is 14.2 Å². The predicted molar refractivity (Wildman–Crippen MR) is 161 cm³/mol. The van der Waals surface area contributed by atoms with Crippen molar-refractivity contribution in [2.45, 2.75) is 75.3 Å². The van der Waals surface area contributed by atoms with Crippen molar-refractivity contribution in [3.8, 4) is 11.3 Å². The van der Waals surface area contributed by atoms with Crippen molar-refractivity contribution < 1.29 is 27.9 Å². The van der Waals surface area contributed by atoms with Gasteiger partial charge in [-0.3, -0.25) is 0 Å². The minimum Gasteiger partial charge on any atom is -0.462 e. The number of anilines is 1. The Labute approximate surface area is 261 Å². The average Bonchev–Trinajstić information content (AvgIpc) is 3.26. The van der Waals surface area contributed by atoms with Crippen molar-refractivity contribution in [1.29, 1.82) is 0 Å². The Morgan fingerprint density at radius 1 is 1.16 bits per heavy atom. The molecule has 3 saturated heterocycles. The lowest BCUT2D eigenvalue weighted by molar-refractivity contribution is -0.104. The van der Waals surface area contributed by atoms with E-state index in [0.717, 1.165) is 55.0 Å². The summed E-state index contributed by atoms with van der Waals surface area (Å²) < 4.78 is 39.8. The van der Waals surface area contributed by atoms with E-state index in [9.17, 15) is 4.79 Å². The highest BCUT2D eigenvalue weighted by Crippen LogP contribution is 2.54. The first-order chi connectivity index (χ1) is 20.8. The van der Waals surface area contributed by atoms with Crippen molar-refractivity contribution >= 4 is 55.9 Å². The fourth-order valence-electron chi connectivity index (χ4n) is 7.00. The molecule has 8 nitrogen and oxygen atoms in total. The third kappa shape index (κ3) is 4.64. The number of benzene rings is 2. The second kappa shape index (κ2) is 10.4. The largest absolute Gasteiger partial charge is 0.462 e. The lowest BCUT2D eigenvalue weighted by atomic mass is 9.87. The standard InChI is InChI=1S/C31H28Cl2FN3O5S/c1-2-39-28(38)16-10-21(34)25-22(11-16)43-30(35-25)37-17-8-9-18(37)13-31(12-17)14-40-29(41-31)24-26(36-42-27(24)15-6-7-15)23-19(32)4-3-5-20(23)33/h3-5,10-11,15,17-18,29H,2,6-9,12-14H2,1H3/t17-,18+,29?,31+. The number of esters is 1. The Bertz CT molecular complexity index is 1720. The number of aromatic nitrogens is 2. The molecule has 1 spiro atoms. The Morgan fingerprint density at radius 3 is 2.60 bits per heavy atom. The van der Waals surface area contributed by atoms with Crippen LogP contribution in [0.4, 0.5) is 9.52 Å². The van der Waals surface area contributed by atoms with Gasteiger partial charge in [0.05, 0.1) is 44.7 Å². The van der Waals surface area contributed by atoms with Crippen LogP contribution in [-0.2, 0) is 14.2 Å². The first-order valence-corrected chi connectivity index (χ1v) is 16.2. The quantitative estimate of drug-likeness (QED) is 0.195. The van der Waals surface area contributed by atoms with Gasteiger partial charge in [-0.2, -0.15) is 0 Å². The number of hydrogen-bond acceptors (Lipinski definition) is 9.